The third kappa shape index (κ3) is 4.98. The van der Waals surface area contributed by atoms with Crippen LogP contribution in [0.5, 0.6) is 5.75 Å². The summed E-state index contributed by atoms with van der Waals surface area (Å²) in [5, 5.41) is 3.63. The summed E-state index contributed by atoms with van der Waals surface area (Å²) < 4.78 is 5.34. The molecule has 1 heterocycles. The second kappa shape index (κ2) is 9.53. The Balaban J connectivity index is 1.53. The molecule has 0 saturated carbocycles. The summed E-state index contributed by atoms with van der Waals surface area (Å²) in [4.78, 5) is 20.7. The second-order valence-electron chi connectivity index (χ2n) is 7.04. The molecular formula is C25H23N3O2S. The van der Waals surface area contributed by atoms with Gasteiger partial charge in [0.25, 0.3) is 0 Å². The molecular weight excluding hydrogens is 406 g/mol. The van der Waals surface area contributed by atoms with Gasteiger partial charge >= 0.3 is 0 Å². The Morgan fingerprint density at radius 2 is 1.68 bits per heavy atom. The number of H-pyrrole nitrogens is 1. The molecule has 4 rings (SSSR count). The predicted octanol–water partition coefficient (Wildman–Crippen LogP) is 5.79. The molecule has 2 N–H and O–H groups in total. The first kappa shape index (κ1) is 20.8. The molecule has 0 saturated heterocycles. The number of nitrogens with one attached hydrogen (secondary N) is 2. The van der Waals surface area contributed by atoms with Gasteiger partial charge in [0.1, 0.15) is 5.75 Å². The van der Waals surface area contributed by atoms with Crippen molar-refractivity contribution in [2.24, 2.45) is 0 Å². The Kier molecular flexibility index (Phi) is 6.38. The van der Waals surface area contributed by atoms with Crippen molar-refractivity contribution >= 4 is 23.4 Å². The van der Waals surface area contributed by atoms with Gasteiger partial charge in [-0.05, 0) is 24.6 Å². The lowest BCUT2D eigenvalue weighted by atomic mass is 10.1. The first-order valence-corrected chi connectivity index (χ1v) is 10.9. The number of carbonyl (C=O) groups is 1. The molecule has 0 aliphatic carbocycles. The molecule has 1 aromatic heterocycles. The summed E-state index contributed by atoms with van der Waals surface area (Å²) >= 11 is 1.37. The highest BCUT2D eigenvalue weighted by molar-refractivity contribution is 7.99. The van der Waals surface area contributed by atoms with Crippen molar-refractivity contribution in [1.29, 1.82) is 0 Å². The van der Waals surface area contributed by atoms with Crippen LogP contribution in [0.1, 0.15) is 5.56 Å². The number of anilines is 1. The molecule has 0 fully saturated rings. The monoisotopic (exact) mass is 429 g/mol. The van der Waals surface area contributed by atoms with Gasteiger partial charge in [-0.2, -0.15) is 0 Å². The van der Waals surface area contributed by atoms with Crippen LogP contribution in [0.25, 0.3) is 22.5 Å². The van der Waals surface area contributed by atoms with Gasteiger partial charge < -0.3 is 15.0 Å². The number of aryl methyl sites for hydroxylation is 1. The number of benzene rings is 3. The average Bonchev–Trinajstić information content (AvgIpc) is 3.23. The quantitative estimate of drug-likeness (QED) is 0.365. The summed E-state index contributed by atoms with van der Waals surface area (Å²) in [5.41, 5.74) is 5.61. The SMILES string of the molecule is COc1ccc(C)cc1NC(=O)CSc1nc(-c2ccccc2)c(-c2ccccc2)[nH]1. The number of amides is 1. The number of ether oxygens (including phenoxy) is 1. The van der Waals surface area contributed by atoms with Crippen molar-refractivity contribution < 1.29 is 9.53 Å². The molecule has 0 bridgehead atoms. The Bertz CT molecular complexity index is 1120. The summed E-state index contributed by atoms with van der Waals surface area (Å²) in [7, 11) is 1.59. The smallest absolute Gasteiger partial charge is 0.234 e. The molecule has 4 aromatic rings. The summed E-state index contributed by atoms with van der Waals surface area (Å²) in [6.45, 7) is 1.98. The summed E-state index contributed by atoms with van der Waals surface area (Å²) in [6, 6.07) is 25.8. The number of rotatable bonds is 7. The summed E-state index contributed by atoms with van der Waals surface area (Å²) in [6.07, 6.45) is 0. The number of methoxy groups -OCH3 is 1. The minimum Gasteiger partial charge on any atom is -0.495 e. The van der Waals surface area contributed by atoms with Crippen molar-refractivity contribution in [2.75, 3.05) is 18.2 Å². The highest BCUT2D eigenvalue weighted by Gasteiger charge is 2.16. The van der Waals surface area contributed by atoms with E-state index in [-0.39, 0.29) is 11.7 Å². The van der Waals surface area contributed by atoms with Crippen LogP contribution in [0.4, 0.5) is 5.69 Å². The van der Waals surface area contributed by atoms with Crippen LogP contribution in [0, 0.1) is 6.92 Å². The lowest BCUT2D eigenvalue weighted by Crippen LogP contribution is -2.15. The number of carbonyl (C=O) groups excluding carboxylic acids is 1. The molecule has 31 heavy (non-hydrogen) atoms. The Hall–Kier alpha value is -3.51. The Morgan fingerprint density at radius 1 is 1.00 bits per heavy atom. The number of hydrogen-bond acceptors (Lipinski definition) is 4. The van der Waals surface area contributed by atoms with Gasteiger partial charge in [0, 0.05) is 11.1 Å². The zero-order valence-electron chi connectivity index (χ0n) is 17.4. The van der Waals surface area contributed by atoms with Gasteiger partial charge in [0.15, 0.2) is 5.16 Å². The van der Waals surface area contributed by atoms with Crippen LogP contribution in [-0.4, -0.2) is 28.7 Å². The molecule has 156 valence electrons. The van der Waals surface area contributed by atoms with E-state index in [1.54, 1.807) is 7.11 Å². The zero-order chi connectivity index (χ0) is 21.6. The Labute approximate surface area is 185 Å². The predicted molar refractivity (Wildman–Crippen MR) is 127 cm³/mol. The van der Waals surface area contributed by atoms with Gasteiger partial charge in [-0.3, -0.25) is 4.79 Å². The van der Waals surface area contributed by atoms with E-state index in [0.29, 0.717) is 16.6 Å². The zero-order valence-corrected chi connectivity index (χ0v) is 18.2. The Morgan fingerprint density at radius 3 is 2.35 bits per heavy atom. The maximum absolute atomic E-state index is 12.6. The topological polar surface area (TPSA) is 67.0 Å². The van der Waals surface area contributed by atoms with Crippen molar-refractivity contribution in [3.8, 4) is 28.3 Å². The number of imidazole rings is 1. The van der Waals surface area contributed by atoms with Crippen LogP contribution in [0.2, 0.25) is 0 Å². The van der Waals surface area contributed by atoms with E-state index in [0.717, 1.165) is 28.1 Å². The lowest BCUT2D eigenvalue weighted by molar-refractivity contribution is -0.113. The fourth-order valence-electron chi connectivity index (χ4n) is 3.28. The number of aromatic nitrogens is 2. The largest absolute Gasteiger partial charge is 0.495 e. The van der Waals surface area contributed by atoms with Gasteiger partial charge in [-0.1, -0.05) is 78.5 Å². The van der Waals surface area contributed by atoms with Crippen molar-refractivity contribution in [3.63, 3.8) is 0 Å². The van der Waals surface area contributed by atoms with E-state index in [4.69, 9.17) is 9.72 Å². The minimum atomic E-state index is -0.118. The molecule has 0 aliphatic rings. The molecule has 5 nitrogen and oxygen atoms in total. The molecule has 0 aliphatic heterocycles. The standard InChI is InChI=1S/C25H23N3O2S/c1-17-13-14-21(30-2)20(15-17)26-22(29)16-31-25-27-23(18-9-5-3-6-10-18)24(28-25)19-11-7-4-8-12-19/h3-15H,16H2,1-2H3,(H,26,29)(H,27,28). The van der Waals surface area contributed by atoms with Crippen molar-refractivity contribution in [2.45, 2.75) is 12.1 Å². The van der Waals surface area contributed by atoms with Crippen LogP contribution in [0.15, 0.2) is 84.0 Å². The van der Waals surface area contributed by atoms with Gasteiger partial charge in [0.2, 0.25) is 5.91 Å². The van der Waals surface area contributed by atoms with Crippen LogP contribution in [0.3, 0.4) is 0 Å². The van der Waals surface area contributed by atoms with Crippen LogP contribution < -0.4 is 10.1 Å². The van der Waals surface area contributed by atoms with Crippen molar-refractivity contribution in [1.82, 2.24) is 9.97 Å². The highest BCUT2D eigenvalue weighted by Crippen LogP contribution is 2.33. The van der Waals surface area contributed by atoms with E-state index in [1.165, 1.54) is 11.8 Å². The van der Waals surface area contributed by atoms with Crippen LogP contribution in [-0.2, 0) is 4.79 Å². The van der Waals surface area contributed by atoms with Gasteiger partial charge in [-0.25, -0.2) is 4.98 Å². The summed E-state index contributed by atoms with van der Waals surface area (Å²) in [5.74, 6) is 0.750. The number of hydrogen-bond donors (Lipinski definition) is 2. The van der Waals surface area contributed by atoms with E-state index in [2.05, 4.69) is 10.3 Å². The van der Waals surface area contributed by atoms with Crippen molar-refractivity contribution in [3.05, 3.63) is 84.4 Å². The minimum absolute atomic E-state index is 0.118. The fourth-order valence-corrected chi connectivity index (χ4v) is 3.95. The molecule has 6 heteroatoms. The number of thioether (sulfide) groups is 1. The first-order chi connectivity index (χ1) is 15.1. The van der Waals surface area contributed by atoms with Gasteiger partial charge in [0.05, 0.1) is 29.9 Å². The van der Waals surface area contributed by atoms with E-state index >= 15 is 0 Å². The second-order valence-corrected chi connectivity index (χ2v) is 8.00. The maximum atomic E-state index is 12.6. The number of aromatic amines is 1. The van der Waals surface area contributed by atoms with Crippen LogP contribution >= 0.6 is 11.8 Å². The molecule has 0 unspecified atom stereocenters. The van der Waals surface area contributed by atoms with E-state index in [1.807, 2.05) is 85.8 Å². The molecule has 0 radical (unpaired) electrons. The van der Waals surface area contributed by atoms with E-state index in [9.17, 15) is 4.79 Å². The molecule has 1 amide bonds. The normalized spacial score (nSPS) is 10.6. The molecule has 0 atom stereocenters. The lowest BCUT2D eigenvalue weighted by Gasteiger charge is -2.10. The third-order valence-corrected chi connectivity index (χ3v) is 5.63. The third-order valence-electron chi connectivity index (χ3n) is 4.76. The molecule has 3 aromatic carbocycles. The average molecular weight is 430 g/mol. The first-order valence-electron chi connectivity index (χ1n) is 9.92. The number of nitrogens with zero attached hydrogens (tertiary/aromatic N) is 1. The maximum Gasteiger partial charge on any atom is 0.234 e. The highest BCUT2D eigenvalue weighted by atomic mass is 32.2. The van der Waals surface area contributed by atoms with Gasteiger partial charge in [-0.15, -0.1) is 0 Å². The fraction of sp³-hybridized carbons (Fsp3) is 0.120. The van der Waals surface area contributed by atoms with E-state index < -0.39 is 0 Å². The molecule has 0 spiro atoms.